The van der Waals surface area contributed by atoms with Crippen molar-refractivity contribution < 1.29 is 23.1 Å². The maximum Gasteiger partial charge on any atom is 0.308 e. The molecule has 0 bridgehead atoms. The molecule has 1 aromatic carbocycles. The molecule has 1 aromatic rings. The van der Waals surface area contributed by atoms with E-state index < -0.39 is 27.8 Å². The molecule has 0 radical (unpaired) electrons. The molecule has 2 atom stereocenters. The summed E-state index contributed by atoms with van der Waals surface area (Å²) in [5, 5.41) is 12.3. The molecule has 0 aromatic heterocycles. The Morgan fingerprint density at radius 2 is 1.68 bits per heavy atom. The monoisotopic (exact) mass is 367 g/mol. The Labute approximate surface area is 148 Å². The fourth-order valence-electron chi connectivity index (χ4n) is 3.18. The summed E-state index contributed by atoms with van der Waals surface area (Å²) in [6, 6.07) is 5.37. The van der Waals surface area contributed by atoms with Crippen LogP contribution in [0.4, 0.5) is 0 Å². The minimum absolute atomic E-state index is 0.000902. The Bertz CT molecular complexity index is 711. The summed E-state index contributed by atoms with van der Waals surface area (Å²) < 4.78 is 23.6. The van der Waals surface area contributed by atoms with E-state index in [0.29, 0.717) is 18.4 Å². The van der Waals surface area contributed by atoms with E-state index in [1.54, 1.807) is 6.92 Å². The lowest BCUT2D eigenvalue weighted by molar-refractivity contribution is -0.143. The lowest BCUT2D eigenvalue weighted by atomic mass is 9.86. The molecule has 1 fully saturated rings. The Morgan fingerprint density at radius 1 is 1.08 bits per heavy atom. The maximum atomic E-state index is 12.5. The van der Waals surface area contributed by atoms with E-state index in [1.807, 2.05) is 0 Å². The van der Waals surface area contributed by atoms with Crippen LogP contribution in [0.2, 0.25) is 0 Å². The van der Waals surface area contributed by atoms with Crippen LogP contribution in [0.15, 0.2) is 29.2 Å². The molecule has 1 amide bonds. The van der Waals surface area contributed by atoms with E-state index in [9.17, 15) is 23.1 Å². The number of carboxylic acid groups (broad SMARTS) is 1. The summed E-state index contributed by atoms with van der Waals surface area (Å²) in [5.74, 6) is -1.82. The highest BCUT2D eigenvalue weighted by molar-refractivity contribution is 7.91. The lowest BCUT2D eigenvalue weighted by Crippen LogP contribution is -2.43. The third-order valence-electron chi connectivity index (χ3n) is 4.76. The Balaban J connectivity index is 2.12. The number of carbonyl (C=O) groups is 2. The Morgan fingerprint density at radius 3 is 2.24 bits per heavy atom. The van der Waals surface area contributed by atoms with E-state index in [-0.39, 0.29) is 16.6 Å². The average Bonchev–Trinajstić information content (AvgIpc) is 2.57. The number of amides is 1. The van der Waals surface area contributed by atoms with E-state index in [4.69, 9.17) is 0 Å². The normalized spacial score (nSPS) is 21.8. The van der Waals surface area contributed by atoms with Gasteiger partial charge in [-0.1, -0.05) is 32.6 Å². The fraction of sp³-hybridized carbons (Fsp3) is 0.556. The molecule has 0 saturated heterocycles. The molecule has 1 aliphatic rings. The Kier molecular flexibility index (Phi) is 6.58. The minimum Gasteiger partial charge on any atom is -0.481 e. The second kappa shape index (κ2) is 8.47. The predicted molar refractivity (Wildman–Crippen MR) is 94.3 cm³/mol. The highest BCUT2D eigenvalue weighted by Gasteiger charge is 2.30. The largest absolute Gasteiger partial charge is 0.481 e. The van der Waals surface area contributed by atoms with Crippen LogP contribution < -0.4 is 5.32 Å². The SMILES string of the molecule is CCS(=O)(=O)c1ccc(C(=O)NC2CCCCCCC2C(=O)O)cc1. The van der Waals surface area contributed by atoms with Crippen molar-refractivity contribution in [1.29, 1.82) is 0 Å². The third kappa shape index (κ3) is 5.04. The highest BCUT2D eigenvalue weighted by atomic mass is 32.2. The molecule has 0 aliphatic heterocycles. The maximum absolute atomic E-state index is 12.5. The van der Waals surface area contributed by atoms with Gasteiger partial charge in [0.05, 0.1) is 16.6 Å². The second-order valence-corrected chi connectivity index (χ2v) is 8.72. The van der Waals surface area contributed by atoms with Crippen molar-refractivity contribution >= 4 is 21.7 Å². The van der Waals surface area contributed by atoms with Crippen LogP contribution in [0.25, 0.3) is 0 Å². The zero-order valence-corrected chi connectivity index (χ0v) is 15.2. The molecule has 0 heterocycles. The van der Waals surface area contributed by atoms with Crippen molar-refractivity contribution in [3.05, 3.63) is 29.8 Å². The molecule has 1 aliphatic carbocycles. The van der Waals surface area contributed by atoms with Gasteiger partial charge in [-0.2, -0.15) is 0 Å². The summed E-state index contributed by atoms with van der Waals surface area (Å²) in [5.41, 5.74) is 0.334. The number of hydrogen-bond acceptors (Lipinski definition) is 4. The molecule has 1 saturated carbocycles. The van der Waals surface area contributed by atoms with Gasteiger partial charge in [-0.05, 0) is 37.1 Å². The zero-order valence-electron chi connectivity index (χ0n) is 14.4. The van der Waals surface area contributed by atoms with Crippen LogP contribution in [0.1, 0.15) is 55.8 Å². The van der Waals surface area contributed by atoms with Crippen LogP contribution in [0, 0.1) is 5.92 Å². The van der Waals surface area contributed by atoms with E-state index >= 15 is 0 Å². The predicted octanol–water partition coefficient (Wildman–Crippen LogP) is 2.63. The molecule has 2 N–H and O–H groups in total. The number of sulfone groups is 1. The standard InChI is InChI=1S/C18H25NO5S/c1-2-25(23,24)14-11-9-13(10-12-14)17(20)19-16-8-6-4-3-5-7-15(16)18(21)22/h9-12,15-16H,2-8H2,1H3,(H,19,20)(H,21,22). The van der Waals surface area contributed by atoms with Crippen LogP contribution in [0.5, 0.6) is 0 Å². The van der Waals surface area contributed by atoms with Crippen LogP contribution >= 0.6 is 0 Å². The first-order chi connectivity index (χ1) is 11.8. The van der Waals surface area contributed by atoms with Crippen molar-refractivity contribution in [1.82, 2.24) is 5.32 Å². The molecule has 7 heteroatoms. The summed E-state index contributed by atoms with van der Waals surface area (Å²) in [4.78, 5) is 24.2. The number of benzene rings is 1. The molecule has 2 rings (SSSR count). The van der Waals surface area contributed by atoms with Gasteiger partial charge >= 0.3 is 5.97 Å². The van der Waals surface area contributed by atoms with Gasteiger partial charge in [-0.15, -0.1) is 0 Å². The van der Waals surface area contributed by atoms with Gasteiger partial charge in [0.1, 0.15) is 0 Å². The Hall–Kier alpha value is -1.89. The molecule has 138 valence electrons. The second-order valence-electron chi connectivity index (χ2n) is 6.44. The number of carbonyl (C=O) groups excluding carboxylic acids is 1. The minimum atomic E-state index is -3.31. The van der Waals surface area contributed by atoms with Crippen molar-refractivity contribution in [2.75, 3.05) is 5.75 Å². The van der Waals surface area contributed by atoms with Gasteiger partial charge in [0.2, 0.25) is 0 Å². The highest BCUT2D eigenvalue weighted by Crippen LogP contribution is 2.23. The summed E-state index contributed by atoms with van der Waals surface area (Å²) in [7, 11) is -3.31. The van der Waals surface area contributed by atoms with E-state index in [2.05, 4.69) is 5.32 Å². The van der Waals surface area contributed by atoms with E-state index in [0.717, 1.165) is 25.7 Å². The van der Waals surface area contributed by atoms with Gasteiger partial charge in [-0.3, -0.25) is 9.59 Å². The smallest absolute Gasteiger partial charge is 0.308 e. The number of nitrogens with one attached hydrogen (secondary N) is 1. The summed E-state index contributed by atoms with van der Waals surface area (Å²) >= 11 is 0. The van der Waals surface area contributed by atoms with Gasteiger partial charge in [0.25, 0.3) is 5.91 Å². The molecule has 2 unspecified atom stereocenters. The lowest BCUT2D eigenvalue weighted by Gasteiger charge is -2.27. The molecule has 6 nitrogen and oxygen atoms in total. The van der Waals surface area contributed by atoms with Crippen molar-refractivity contribution in [2.24, 2.45) is 5.92 Å². The van der Waals surface area contributed by atoms with Gasteiger partial charge in [0.15, 0.2) is 9.84 Å². The first-order valence-electron chi connectivity index (χ1n) is 8.71. The number of hydrogen-bond donors (Lipinski definition) is 2. The molecular weight excluding hydrogens is 342 g/mol. The first-order valence-corrected chi connectivity index (χ1v) is 10.4. The quantitative estimate of drug-likeness (QED) is 0.833. The molecule has 0 spiro atoms. The first kappa shape index (κ1) is 19.4. The zero-order chi connectivity index (χ0) is 18.4. The molecular formula is C18H25NO5S. The topological polar surface area (TPSA) is 101 Å². The average molecular weight is 367 g/mol. The van der Waals surface area contributed by atoms with Gasteiger partial charge in [0, 0.05) is 11.6 Å². The number of aliphatic carboxylic acids is 1. The molecule has 25 heavy (non-hydrogen) atoms. The number of rotatable bonds is 5. The van der Waals surface area contributed by atoms with Gasteiger partial charge in [-0.25, -0.2) is 8.42 Å². The number of carboxylic acids is 1. The van der Waals surface area contributed by atoms with Crippen molar-refractivity contribution in [3.8, 4) is 0 Å². The van der Waals surface area contributed by atoms with Crippen LogP contribution in [-0.2, 0) is 14.6 Å². The fourth-order valence-corrected chi connectivity index (χ4v) is 4.07. The van der Waals surface area contributed by atoms with E-state index in [1.165, 1.54) is 24.3 Å². The summed E-state index contributed by atoms with van der Waals surface area (Å²) in [6.07, 6.45) is 5.02. The summed E-state index contributed by atoms with van der Waals surface area (Å²) in [6.45, 7) is 1.57. The van der Waals surface area contributed by atoms with Gasteiger partial charge < -0.3 is 10.4 Å². The van der Waals surface area contributed by atoms with Crippen LogP contribution in [-0.4, -0.2) is 37.2 Å². The van der Waals surface area contributed by atoms with Crippen molar-refractivity contribution in [3.63, 3.8) is 0 Å². The van der Waals surface area contributed by atoms with Crippen LogP contribution in [0.3, 0.4) is 0 Å². The third-order valence-corrected chi connectivity index (χ3v) is 6.51. The van der Waals surface area contributed by atoms with Crippen molar-refractivity contribution in [2.45, 2.75) is 56.4 Å².